The molecule has 1 aliphatic heterocycles. The number of hydrogen-bond acceptors (Lipinski definition) is 6. The Kier molecular flexibility index (Phi) is 6.40. The number of amidine groups is 1. The minimum atomic E-state index is -0.436. The summed E-state index contributed by atoms with van der Waals surface area (Å²) in [5.74, 6) is 2.18. The minimum Gasteiger partial charge on any atom is -0.495 e. The molecule has 0 fully saturated rings. The second kappa shape index (κ2) is 9.40. The highest BCUT2D eigenvalue weighted by Crippen LogP contribution is 2.26. The van der Waals surface area contributed by atoms with E-state index in [4.69, 9.17) is 9.47 Å². The maximum atomic E-state index is 5.98. The van der Waals surface area contributed by atoms with E-state index in [1.165, 1.54) is 5.56 Å². The fraction of sp³-hybridized carbons (Fsp3) is 0.308. The third kappa shape index (κ3) is 5.55. The van der Waals surface area contributed by atoms with E-state index in [0.29, 0.717) is 18.9 Å². The van der Waals surface area contributed by atoms with Crippen molar-refractivity contribution in [3.8, 4) is 11.4 Å². The number of nitrogens with zero attached hydrogens (tertiary/aromatic N) is 3. The predicted molar refractivity (Wildman–Crippen MR) is 133 cm³/mol. The van der Waals surface area contributed by atoms with Crippen LogP contribution in [0.3, 0.4) is 0 Å². The first-order chi connectivity index (χ1) is 15.8. The molecule has 0 saturated heterocycles. The lowest BCUT2D eigenvalue weighted by molar-refractivity contribution is 0.230. The molecule has 172 valence electrons. The van der Waals surface area contributed by atoms with Gasteiger partial charge in [0.05, 0.1) is 31.4 Å². The highest BCUT2D eigenvalue weighted by Gasteiger charge is 2.23. The van der Waals surface area contributed by atoms with Crippen LogP contribution in [0.1, 0.15) is 30.7 Å². The van der Waals surface area contributed by atoms with Gasteiger partial charge < -0.3 is 24.7 Å². The number of aromatic nitrogens is 2. The normalized spacial score (nSPS) is 15.1. The summed E-state index contributed by atoms with van der Waals surface area (Å²) in [5, 5.41) is 7.02. The van der Waals surface area contributed by atoms with E-state index in [1.54, 1.807) is 13.4 Å². The van der Waals surface area contributed by atoms with Crippen LogP contribution >= 0.6 is 0 Å². The van der Waals surface area contributed by atoms with E-state index in [2.05, 4.69) is 65.6 Å². The largest absolute Gasteiger partial charge is 0.495 e. The Hall–Kier alpha value is -3.74. The fourth-order valence-corrected chi connectivity index (χ4v) is 3.70. The molecule has 0 unspecified atom stereocenters. The van der Waals surface area contributed by atoms with Crippen molar-refractivity contribution >= 4 is 17.6 Å². The molecular formula is C26H31N5O2. The molecule has 2 aromatic carbocycles. The van der Waals surface area contributed by atoms with Gasteiger partial charge in [0.15, 0.2) is 11.6 Å². The van der Waals surface area contributed by atoms with E-state index < -0.39 is 5.66 Å². The van der Waals surface area contributed by atoms with Gasteiger partial charge in [-0.15, -0.1) is 0 Å². The maximum absolute atomic E-state index is 5.98. The highest BCUT2D eigenvalue weighted by molar-refractivity contribution is 6.01. The summed E-state index contributed by atoms with van der Waals surface area (Å²) in [7, 11) is 1.67. The zero-order chi connectivity index (χ0) is 23.4. The van der Waals surface area contributed by atoms with Crippen molar-refractivity contribution < 1.29 is 9.47 Å². The van der Waals surface area contributed by atoms with E-state index >= 15 is 0 Å². The Labute approximate surface area is 195 Å². The van der Waals surface area contributed by atoms with Crippen LogP contribution < -0.4 is 15.4 Å². The lowest BCUT2D eigenvalue weighted by Crippen LogP contribution is -2.51. The van der Waals surface area contributed by atoms with Crippen molar-refractivity contribution in [3.63, 3.8) is 0 Å². The molecule has 7 nitrogen and oxygen atoms in total. The number of anilines is 1. The molecule has 0 saturated carbocycles. The van der Waals surface area contributed by atoms with Crippen LogP contribution in [0.5, 0.6) is 5.75 Å². The number of aliphatic imine (C=N–C) groups is 1. The molecule has 0 radical (unpaired) electrons. The lowest BCUT2D eigenvalue weighted by Gasteiger charge is -2.32. The Morgan fingerprint density at radius 3 is 2.58 bits per heavy atom. The average Bonchev–Trinajstić information content (AvgIpc) is 3.22. The molecule has 0 spiro atoms. The van der Waals surface area contributed by atoms with Crippen LogP contribution in [0.4, 0.5) is 5.69 Å². The summed E-state index contributed by atoms with van der Waals surface area (Å²) in [5.41, 5.74) is 4.67. The van der Waals surface area contributed by atoms with E-state index in [-0.39, 0.29) is 0 Å². The van der Waals surface area contributed by atoms with Gasteiger partial charge in [-0.1, -0.05) is 23.8 Å². The summed E-state index contributed by atoms with van der Waals surface area (Å²) in [6.45, 7) is 9.36. The van der Waals surface area contributed by atoms with Crippen LogP contribution in [0.25, 0.3) is 11.8 Å². The van der Waals surface area contributed by atoms with Gasteiger partial charge in [-0.25, -0.2) is 4.98 Å². The Bertz CT molecular complexity index is 1180. The van der Waals surface area contributed by atoms with Crippen LogP contribution in [-0.2, 0) is 4.74 Å². The predicted octanol–water partition coefficient (Wildman–Crippen LogP) is 4.71. The van der Waals surface area contributed by atoms with Gasteiger partial charge in [0.1, 0.15) is 18.0 Å². The number of methoxy groups -OCH3 is 1. The van der Waals surface area contributed by atoms with Gasteiger partial charge in [-0.2, -0.15) is 0 Å². The summed E-state index contributed by atoms with van der Waals surface area (Å²) in [6, 6.07) is 14.4. The molecule has 0 aliphatic carbocycles. The first-order valence-electron chi connectivity index (χ1n) is 11.0. The molecule has 3 aromatic rings. The molecule has 0 atom stereocenters. The van der Waals surface area contributed by atoms with Gasteiger partial charge in [0.25, 0.3) is 0 Å². The highest BCUT2D eigenvalue weighted by atomic mass is 16.5. The van der Waals surface area contributed by atoms with Crippen LogP contribution in [0.15, 0.2) is 65.7 Å². The molecule has 33 heavy (non-hydrogen) atoms. The van der Waals surface area contributed by atoms with Gasteiger partial charge in [0.2, 0.25) is 0 Å². The molecule has 7 heteroatoms. The summed E-state index contributed by atoms with van der Waals surface area (Å²) >= 11 is 0. The second-order valence-electron chi connectivity index (χ2n) is 8.68. The molecule has 1 aromatic heterocycles. The molecule has 0 bridgehead atoms. The van der Waals surface area contributed by atoms with Crippen molar-refractivity contribution in [3.05, 3.63) is 77.6 Å². The Morgan fingerprint density at radius 2 is 1.88 bits per heavy atom. The van der Waals surface area contributed by atoms with Crippen molar-refractivity contribution in [2.24, 2.45) is 4.99 Å². The standard InChI is InChI=1S/C26H31N5O2/c1-18-6-9-21(10-7-18)29-26(3,4)30-25-24(33-13-12-27-25)15-20-8-11-22(23(14-20)32-5)31-16-19(2)28-17-31/h6-11,14-17,29H,12-13H2,1-5H3,(H,27,30)/b24-15-. The van der Waals surface area contributed by atoms with Crippen molar-refractivity contribution in [2.75, 3.05) is 25.6 Å². The molecule has 0 amide bonds. The van der Waals surface area contributed by atoms with Gasteiger partial charge >= 0.3 is 0 Å². The number of ether oxygens (including phenoxy) is 2. The summed E-state index contributed by atoms with van der Waals surface area (Å²) < 4.78 is 13.6. The number of hydrogen-bond donors (Lipinski definition) is 2. The van der Waals surface area contributed by atoms with Crippen LogP contribution in [0, 0.1) is 13.8 Å². The first kappa shape index (κ1) is 22.5. The summed E-state index contributed by atoms with van der Waals surface area (Å²) in [6.07, 6.45) is 5.74. The zero-order valence-corrected chi connectivity index (χ0v) is 19.8. The average molecular weight is 446 g/mol. The smallest absolute Gasteiger partial charge is 0.166 e. The molecule has 2 N–H and O–H groups in total. The van der Waals surface area contributed by atoms with Gasteiger partial charge in [-0.3, -0.25) is 4.99 Å². The van der Waals surface area contributed by atoms with Crippen molar-refractivity contribution in [1.82, 2.24) is 14.9 Å². The fourth-order valence-electron chi connectivity index (χ4n) is 3.70. The topological polar surface area (TPSA) is 72.7 Å². The van der Waals surface area contributed by atoms with Crippen LogP contribution in [-0.4, -0.2) is 41.3 Å². The Balaban J connectivity index is 1.55. The molecule has 2 heterocycles. The third-order valence-electron chi connectivity index (χ3n) is 5.28. The number of aryl methyl sites for hydroxylation is 2. The van der Waals surface area contributed by atoms with Gasteiger partial charge in [0, 0.05) is 11.9 Å². The van der Waals surface area contributed by atoms with Crippen molar-refractivity contribution in [2.45, 2.75) is 33.4 Å². The summed E-state index contributed by atoms with van der Waals surface area (Å²) in [4.78, 5) is 9.00. The van der Waals surface area contributed by atoms with E-state index in [1.807, 2.05) is 42.0 Å². The minimum absolute atomic E-state index is 0.436. The number of rotatable bonds is 6. The maximum Gasteiger partial charge on any atom is 0.166 e. The third-order valence-corrected chi connectivity index (χ3v) is 5.28. The lowest BCUT2D eigenvalue weighted by atomic mass is 10.1. The van der Waals surface area contributed by atoms with E-state index in [9.17, 15) is 0 Å². The number of imidazole rings is 1. The SMILES string of the molecule is COc1cc(/C=C2\OCCN=C2NC(C)(C)Nc2ccc(C)cc2)ccc1-n1cnc(C)c1. The van der Waals surface area contributed by atoms with Crippen LogP contribution in [0.2, 0.25) is 0 Å². The molecular weight excluding hydrogens is 414 g/mol. The Morgan fingerprint density at radius 1 is 1.09 bits per heavy atom. The number of nitrogens with one attached hydrogen (secondary N) is 2. The first-order valence-corrected chi connectivity index (χ1v) is 11.0. The van der Waals surface area contributed by atoms with Crippen molar-refractivity contribution in [1.29, 1.82) is 0 Å². The molecule has 1 aliphatic rings. The quantitative estimate of drug-likeness (QED) is 0.538. The van der Waals surface area contributed by atoms with E-state index in [0.717, 1.165) is 34.2 Å². The van der Waals surface area contributed by atoms with Gasteiger partial charge in [-0.05, 0) is 63.6 Å². The zero-order valence-electron chi connectivity index (χ0n) is 19.8. The molecule has 4 rings (SSSR count). The second-order valence-corrected chi connectivity index (χ2v) is 8.68. The number of benzene rings is 2. The monoisotopic (exact) mass is 445 g/mol.